The zero-order valence-corrected chi connectivity index (χ0v) is 14.3. The summed E-state index contributed by atoms with van der Waals surface area (Å²) in [6.07, 6.45) is 1.53. The smallest absolute Gasteiger partial charge is 0.320 e. The Morgan fingerprint density at radius 1 is 1.27 bits per heavy atom. The number of halogens is 1. The van der Waals surface area contributed by atoms with Crippen LogP contribution in [0.25, 0.3) is 0 Å². The Kier molecular flexibility index (Phi) is 6.39. The second-order valence-electron chi connectivity index (χ2n) is 5.35. The first-order chi connectivity index (χ1) is 10.6. The molecule has 0 radical (unpaired) electrons. The monoisotopic (exact) mass is 368 g/mol. The van der Waals surface area contributed by atoms with Crippen LogP contribution in [0.15, 0.2) is 28.7 Å². The topological polar surface area (TPSA) is 58.6 Å². The number of carbonyl (C=O) groups excluding carboxylic acids is 2. The summed E-state index contributed by atoms with van der Waals surface area (Å²) in [4.78, 5) is 25.7. The number of piperidine rings is 1. The molecule has 1 aromatic rings. The third-order valence-electron chi connectivity index (χ3n) is 3.73. The number of hydrogen-bond donors (Lipinski definition) is 1. The Morgan fingerprint density at radius 3 is 2.50 bits per heavy atom. The van der Waals surface area contributed by atoms with E-state index in [-0.39, 0.29) is 17.8 Å². The van der Waals surface area contributed by atoms with Crippen molar-refractivity contribution in [3.05, 3.63) is 28.7 Å². The van der Waals surface area contributed by atoms with Gasteiger partial charge in [-0.25, -0.2) is 0 Å². The fourth-order valence-corrected chi connectivity index (χ4v) is 2.78. The fourth-order valence-electron chi connectivity index (χ4n) is 2.52. The van der Waals surface area contributed by atoms with Crippen molar-refractivity contribution in [3.63, 3.8) is 0 Å². The Labute approximate surface area is 139 Å². The Bertz CT molecular complexity index is 511. The lowest BCUT2D eigenvalue weighted by atomic mass is 9.96. The molecule has 1 aromatic carbocycles. The van der Waals surface area contributed by atoms with E-state index in [1.54, 1.807) is 6.92 Å². The van der Waals surface area contributed by atoms with Gasteiger partial charge in [0.1, 0.15) is 0 Å². The van der Waals surface area contributed by atoms with Crippen LogP contribution in [0.3, 0.4) is 0 Å². The molecule has 1 N–H and O–H groups in total. The summed E-state index contributed by atoms with van der Waals surface area (Å²) in [7, 11) is 0. The Morgan fingerprint density at radius 2 is 1.91 bits per heavy atom. The number of rotatable bonds is 5. The first kappa shape index (κ1) is 17.0. The molecular weight excluding hydrogens is 348 g/mol. The van der Waals surface area contributed by atoms with Crippen molar-refractivity contribution >= 4 is 33.5 Å². The largest absolute Gasteiger partial charge is 0.465 e. The SMILES string of the molecule is CCOC(=O)CN1CCC(C(=O)Nc2ccc(Br)cc2)CC1. The van der Waals surface area contributed by atoms with Gasteiger partial charge in [0, 0.05) is 16.1 Å². The number of ether oxygens (including phenoxy) is 1. The molecule has 1 aliphatic heterocycles. The zero-order chi connectivity index (χ0) is 15.9. The van der Waals surface area contributed by atoms with E-state index in [2.05, 4.69) is 21.2 Å². The predicted molar refractivity (Wildman–Crippen MR) is 88.6 cm³/mol. The first-order valence-electron chi connectivity index (χ1n) is 7.53. The average molecular weight is 369 g/mol. The van der Waals surface area contributed by atoms with Crippen molar-refractivity contribution in [3.8, 4) is 0 Å². The van der Waals surface area contributed by atoms with Crippen molar-refractivity contribution in [2.45, 2.75) is 19.8 Å². The van der Waals surface area contributed by atoms with Gasteiger partial charge in [-0.2, -0.15) is 0 Å². The summed E-state index contributed by atoms with van der Waals surface area (Å²) in [6.45, 7) is 4.02. The van der Waals surface area contributed by atoms with Gasteiger partial charge in [0.25, 0.3) is 0 Å². The molecule has 0 saturated carbocycles. The molecule has 1 aliphatic rings. The maximum Gasteiger partial charge on any atom is 0.320 e. The molecule has 2 rings (SSSR count). The van der Waals surface area contributed by atoms with Gasteiger partial charge in [0.15, 0.2) is 0 Å². The van der Waals surface area contributed by atoms with E-state index >= 15 is 0 Å². The van der Waals surface area contributed by atoms with E-state index in [9.17, 15) is 9.59 Å². The highest BCUT2D eigenvalue weighted by atomic mass is 79.9. The Hall–Kier alpha value is -1.40. The molecule has 1 heterocycles. The molecule has 120 valence electrons. The number of nitrogens with zero attached hydrogens (tertiary/aromatic N) is 1. The number of nitrogens with one attached hydrogen (secondary N) is 1. The molecule has 0 aliphatic carbocycles. The van der Waals surface area contributed by atoms with Crippen LogP contribution in [0.5, 0.6) is 0 Å². The van der Waals surface area contributed by atoms with Crippen LogP contribution >= 0.6 is 15.9 Å². The van der Waals surface area contributed by atoms with E-state index in [1.807, 2.05) is 29.2 Å². The van der Waals surface area contributed by atoms with Crippen molar-refractivity contribution < 1.29 is 14.3 Å². The van der Waals surface area contributed by atoms with Gasteiger partial charge in [-0.15, -0.1) is 0 Å². The molecule has 1 saturated heterocycles. The first-order valence-corrected chi connectivity index (χ1v) is 8.32. The average Bonchev–Trinajstić information content (AvgIpc) is 2.50. The van der Waals surface area contributed by atoms with Crippen LogP contribution < -0.4 is 5.32 Å². The van der Waals surface area contributed by atoms with Crippen LogP contribution in [-0.4, -0.2) is 43.0 Å². The van der Waals surface area contributed by atoms with Gasteiger partial charge in [0.05, 0.1) is 13.2 Å². The highest BCUT2D eigenvalue weighted by Gasteiger charge is 2.26. The lowest BCUT2D eigenvalue weighted by molar-refractivity contribution is -0.144. The number of carbonyl (C=O) groups is 2. The minimum Gasteiger partial charge on any atom is -0.465 e. The van der Waals surface area contributed by atoms with Crippen LogP contribution in [-0.2, 0) is 14.3 Å². The molecule has 6 heteroatoms. The van der Waals surface area contributed by atoms with E-state index in [0.29, 0.717) is 13.2 Å². The lowest BCUT2D eigenvalue weighted by Gasteiger charge is -2.30. The third-order valence-corrected chi connectivity index (χ3v) is 4.26. The third kappa shape index (κ3) is 5.10. The second kappa shape index (κ2) is 8.29. The standard InChI is InChI=1S/C16H21BrN2O3/c1-2-22-15(20)11-19-9-7-12(8-10-19)16(21)18-14-5-3-13(17)4-6-14/h3-6,12H,2,7-11H2,1H3,(H,18,21). The lowest BCUT2D eigenvalue weighted by Crippen LogP contribution is -2.40. The minimum absolute atomic E-state index is 0.00194. The van der Waals surface area contributed by atoms with Crippen LogP contribution in [0.4, 0.5) is 5.69 Å². The molecule has 0 aromatic heterocycles. The Balaban J connectivity index is 1.77. The molecule has 0 bridgehead atoms. The van der Waals surface area contributed by atoms with Crippen molar-refractivity contribution in [2.75, 3.05) is 31.6 Å². The van der Waals surface area contributed by atoms with E-state index < -0.39 is 0 Å². The number of amides is 1. The number of likely N-dealkylation sites (tertiary alicyclic amines) is 1. The van der Waals surface area contributed by atoms with Crippen LogP contribution in [0.2, 0.25) is 0 Å². The van der Waals surface area contributed by atoms with Crippen LogP contribution in [0, 0.1) is 5.92 Å². The molecule has 0 unspecified atom stereocenters. The van der Waals surface area contributed by atoms with E-state index in [0.717, 1.165) is 36.1 Å². The minimum atomic E-state index is -0.194. The van der Waals surface area contributed by atoms with Gasteiger partial charge >= 0.3 is 5.97 Å². The maximum atomic E-state index is 12.3. The molecule has 1 amide bonds. The summed E-state index contributed by atoms with van der Waals surface area (Å²) in [5, 5.41) is 2.94. The molecule has 1 fully saturated rings. The molecule has 5 nitrogen and oxygen atoms in total. The number of benzene rings is 1. The highest BCUT2D eigenvalue weighted by Crippen LogP contribution is 2.20. The number of anilines is 1. The van der Waals surface area contributed by atoms with Gasteiger partial charge < -0.3 is 10.1 Å². The quantitative estimate of drug-likeness (QED) is 0.811. The predicted octanol–water partition coefficient (Wildman–Crippen LogP) is 2.66. The molecule has 0 spiro atoms. The normalized spacial score (nSPS) is 16.3. The van der Waals surface area contributed by atoms with Gasteiger partial charge in [-0.3, -0.25) is 14.5 Å². The summed E-state index contributed by atoms with van der Waals surface area (Å²) in [5.41, 5.74) is 0.808. The molecular formula is C16H21BrN2O3. The molecule has 22 heavy (non-hydrogen) atoms. The fraction of sp³-hybridized carbons (Fsp3) is 0.500. The summed E-state index contributed by atoms with van der Waals surface area (Å²) < 4.78 is 5.93. The number of hydrogen-bond acceptors (Lipinski definition) is 4. The zero-order valence-electron chi connectivity index (χ0n) is 12.7. The van der Waals surface area contributed by atoms with Gasteiger partial charge in [-0.05, 0) is 57.1 Å². The van der Waals surface area contributed by atoms with Crippen LogP contribution in [0.1, 0.15) is 19.8 Å². The van der Waals surface area contributed by atoms with Crippen molar-refractivity contribution in [1.82, 2.24) is 4.90 Å². The van der Waals surface area contributed by atoms with Crippen molar-refractivity contribution in [2.24, 2.45) is 5.92 Å². The summed E-state index contributed by atoms with van der Waals surface area (Å²) in [6, 6.07) is 7.55. The van der Waals surface area contributed by atoms with E-state index in [1.165, 1.54) is 0 Å². The summed E-state index contributed by atoms with van der Waals surface area (Å²) >= 11 is 3.37. The molecule has 0 atom stereocenters. The van der Waals surface area contributed by atoms with Gasteiger partial charge in [-0.1, -0.05) is 15.9 Å². The maximum absolute atomic E-state index is 12.3. The number of esters is 1. The summed E-state index contributed by atoms with van der Waals surface area (Å²) in [5.74, 6) is -0.138. The van der Waals surface area contributed by atoms with Gasteiger partial charge in [0.2, 0.25) is 5.91 Å². The highest BCUT2D eigenvalue weighted by molar-refractivity contribution is 9.10. The second-order valence-corrected chi connectivity index (χ2v) is 6.27. The van der Waals surface area contributed by atoms with E-state index in [4.69, 9.17) is 4.74 Å². The van der Waals surface area contributed by atoms with Crippen molar-refractivity contribution in [1.29, 1.82) is 0 Å².